The molecule has 0 N–H and O–H groups in total. The molecule has 1 aromatic rings. The minimum absolute atomic E-state index is 0.0174. The molecule has 0 amide bonds. The zero-order chi connectivity index (χ0) is 17.3. The number of carbonyl (C=O) groups is 1. The van der Waals surface area contributed by atoms with Crippen molar-refractivity contribution in [2.45, 2.75) is 11.1 Å². The van der Waals surface area contributed by atoms with Gasteiger partial charge in [-0.1, -0.05) is 0 Å². The van der Waals surface area contributed by atoms with Gasteiger partial charge in [0.25, 0.3) is 0 Å². The molecule has 2 heterocycles. The van der Waals surface area contributed by atoms with E-state index in [2.05, 4.69) is 4.74 Å². The quantitative estimate of drug-likeness (QED) is 0.748. The van der Waals surface area contributed by atoms with Crippen LogP contribution < -0.4 is 0 Å². The predicted octanol–water partition coefficient (Wildman–Crippen LogP) is 1.40. The van der Waals surface area contributed by atoms with E-state index >= 15 is 0 Å². The van der Waals surface area contributed by atoms with Crippen molar-refractivity contribution in [1.29, 1.82) is 0 Å². The molecule has 1 fully saturated rings. The highest BCUT2D eigenvalue weighted by molar-refractivity contribution is 7.89. The first-order valence-corrected chi connectivity index (χ1v) is 8.92. The number of thiophene rings is 1. The van der Waals surface area contributed by atoms with Crippen molar-refractivity contribution in [3.05, 3.63) is 16.3 Å². The third kappa shape index (κ3) is 4.22. The number of sulfonamides is 1. The van der Waals surface area contributed by atoms with Crippen molar-refractivity contribution >= 4 is 27.3 Å². The van der Waals surface area contributed by atoms with Crippen LogP contribution in [0.5, 0.6) is 0 Å². The lowest BCUT2D eigenvalue weighted by molar-refractivity contribution is -0.148. The van der Waals surface area contributed by atoms with E-state index < -0.39 is 28.7 Å². The van der Waals surface area contributed by atoms with Crippen LogP contribution in [0.2, 0.25) is 0 Å². The highest BCUT2D eigenvalue weighted by Gasteiger charge is 2.36. The van der Waals surface area contributed by atoms with Gasteiger partial charge in [0.15, 0.2) is 0 Å². The van der Waals surface area contributed by atoms with Gasteiger partial charge >= 0.3 is 12.1 Å². The lowest BCUT2D eigenvalue weighted by atomic mass is 10.3. The monoisotopic (exact) mass is 372 g/mol. The molecule has 0 unspecified atom stereocenters. The first kappa shape index (κ1) is 18.2. The number of methoxy groups -OCH3 is 1. The summed E-state index contributed by atoms with van der Waals surface area (Å²) in [5.74, 6) is -0.755. The van der Waals surface area contributed by atoms with Crippen LogP contribution in [0.1, 0.15) is 9.67 Å². The Hall–Kier alpha value is -1.17. The number of nitrogens with zero attached hydrogens (tertiary/aromatic N) is 2. The third-order valence-corrected chi connectivity index (χ3v) is 6.32. The second-order valence-electron chi connectivity index (χ2n) is 4.90. The number of alkyl halides is 3. The van der Waals surface area contributed by atoms with Gasteiger partial charge in [0, 0.05) is 26.2 Å². The van der Waals surface area contributed by atoms with Crippen LogP contribution >= 0.6 is 11.3 Å². The lowest BCUT2D eigenvalue weighted by Gasteiger charge is -2.34. The number of carbonyl (C=O) groups excluding carboxylic acids is 1. The van der Waals surface area contributed by atoms with E-state index in [1.54, 1.807) is 0 Å². The Bertz CT molecular complexity index is 664. The molecule has 0 aliphatic carbocycles. The summed E-state index contributed by atoms with van der Waals surface area (Å²) in [6.45, 7) is -1.22. The predicted molar refractivity (Wildman–Crippen MR) is 76.9 cm³/mol. The van der Waals surface area contributed by atoms with Crippen molar-refractivity contribution in [3.63, 3.8) is 0 Å². The first-order chi connectivity index (χ1) is 10.6. The van der Waals surface area contributed by atoms with Crippen LogP contribution in [0.4, 0.5) is 13.2 Å². The molecule has 130 valence electrons. The van der Waals surface area contributed by atoms with Crippen molar-refractivity contribution in [2.75, 3.05) is 39.8 Å². The van der Waals surface area contributed by atoms with Gasteiger partial charge in [0.05, 0.1) is 13.7 Å². The minimum atomic E-state index is -4.31. The highest BCUT2D eigenvalue weighted by Crippen LogP contribution is 2.27. The van der Waals surface area contributed by atoms with Gasteiger partial charge in [-0.15, -0.1) is 11.3 Å². The maximum Gasteiger partial charge on any atom is 0.401 e. The molecule has 6 nitrogen and oxygen atoms in total. The molecule has 0 radical (unpaired) electrons. The van der Waals surface area contributed by atoms with E-state index in [0.717, 1.165) is 27.7 Å². The van der Waals surface area contributed by atoms with Crippen LogP contribution in [0.3, 0.4) is 0 Å². The molecular weight excluding hydrogens is 357 g/mol. The number of piperazine rings is 1. The minimum Gasteiger partial charge on any atom is -0.465 e. The van der Waals surface area contributed by atoms with Crippen LogP contribution in [0.15, 0.2) is 16.3 Å². The summed E-state index contributed by atoms with van der Waals surface area (Å²) >= 11 is 0.942. The van der Waals surface area contributed by atoms with Gasteiger partial charge in [0.2, 0.25) is 10.0 Å². The molecule has 0 spiro atoms. The van der Waals surface area contributed by atoms with Gasteiger partial charge in [0.1, 0.15) is 9.77 Å². The Morgan fingerprint density at radius 2 is 1.91 bits per heavy atom. The Morgan fingerprint density at radius 1 is 1.30 bits per heavy atom. The summed E-state index contributed by atoms with van der Waals surface area (Å²) in [6.07, 6.45) is -4.31. The molecule has 0 bridgehead atoms. The second-order valence-corrected chi connectivity index (χ2v) is 7.72. The second kappa shape index (κ2) is 6.75. The number of esters is 1. The normalized spacial score (nSPS) is 18.1. The van der Waals surface area contributed by atoms with Crippen molar-refractivity contribution in [3.8, 4) is 0 Å². The van der Waals surface area contributed by atoms with E-state index in [1.807, 2.05) is 0 Å². The molecule has 1 aromatic heterocycles. The van der Waals surface area contributed by atoms with Crippen LogP contribution in [0.25, 0.3) is 0 Å². The zero-order valence-corrected chi connectivity index (χ0v) is 13.8. The fraction of sp³-hybridized carbons (Fsp3) is 0.583. The Labute approximate surface area is 135 Å². The number of halogens is 3. The molecule has 1 aliphatic rings. The van der Waals surface area contributed by atoms with Crippen molar-refractivity contribution < 1.29 is 31.1 Å². The number of hydrogen-bond donors (Lipinski definition) is 0. The van der Waals surface area contributed by atoms with E-state index in [4.69, 9.17) is 0 Å². The molecule has 11 heteroatoms. The fourth-order valence-corrected chi connectivity index (χ4v) is 4.99. The smallest absolute Gasteiger partial charge is 0.401 e. The fourth-order valence-electron chi connectivity index (χ4n) is 2.26. The summed E-state index contributed by atoms with van der Waals surface area (Å²) in [7, 11) is -2.79. The van der Waals surface area contributed by atoms with Crippen molar-refractivity contribution in [1.82, 2.24) is 9.21 Å². The van der Waals surface area contributed by atoms with E-state index in [1.165, 1.54) is 11.4 Å². The average molecular weight is 372 g/mol. The van der Waals surface area contributed by atoms with E-state index in [0.29, 0.717) is 0 Å². The summed E-state index contributed by atoms with van der Waals surface area (Å²) in [5.41, 5.74) is 0. The maximum atomic E-state index is 12.6. The lowest BCUT2D eigenvalue weighted by Crippen LogP contribution is -2.50. The Morgan fingerprint density at radius 3 is 2.43 bits per heavy atom. The maximum absolute atomic E-state index is 12.6. The zero-order valence-electron chi connectivity index (χ0n) is 12.2. The summed E-state index contributed by atoms with van der Waals surface area (Å²) < 4.78 is 67.8. The molecule has 0 aromatic carbocycles. The SMILES string of the molecule is COC(=O)c1sccc1S(=O)(=O)N1CCN(CC(F)(F)F)CC1. The van der Waals surface area contributed by atoms with E-state index in [-0.39, 0.29) is 36.0 Å². The van der Waals surface area contributed by atoms with E-state index in [9.17, 15) is 26.4 Å². The first-order valence-electron chi connectivity index (χ1n) is 6.60. The molecule has 23 heavy (non-hydrogen) atoms. The van der Waals surface area contributed by atoms with Crippen molar-refractivity contribution in [2.24, 2.45) is 0 Å². The molecule has 2 rings (SSSR count). The molecule has 0 saturated carbocycles. The van der Waals surface area contributed by atoms with Gasteiger partial charge in [-0.2, -0.15) is 17.5 Å². The number of ether oxygens (including phenoxy) is 1. The summed E-state index contributed by atoms with van der Waals surface area (Å²) in [4.78, 5) is 12.6. The standard InChI is InChI=1S/C12H15F3N2O4S2/c1-21-11(18)10-9(2-7-22-10)23(19,20)17-5-3-16(4-6-17)8-12(13,14)15/h2,7H,3-6,8H2,1H3. The van der Waals surface area contributed by atoms with Gasteiger partial charge in [-0.3, -0.25) is 4.90 Å². The molecule has 1 aliphatic heterocycles. The van der Waals surface area contributed by atoms with Gasteiger partial charge < -0.3 is 4.74 Å². The Kier molecular flexibility index (Phi) is 5.33. The molecule has 1 saturated heterocycles. The van der Waals surface area contributed by atoms with Crippen LogP contribution in [-0.2, 0) is 14.8 Å². The van der Waals surface area contributed by atoms with Gasteiger partial charge in [-0.25, -0.2) is 13.2 Å². The molecule has 0 atom stereocenters. The Balaban J connectivity index is 2.11. The van der Waals surface area contributed by atoms with Crippen LogP contribution in [-0.4, -0.2) is 69.6 Å². The topological polar surface area (TPSA) is 66.9 Å². The average Bonchev–Trinajstić information content (AvgIpc) is 2.95. The molecular formula is C12H15F3N2O4S2. The summed E-state index contributed by atoms with van der Waals surface area (Å²) in [6, 6.07) is 1.30. The largest absolute Gasteiger partial charge is 0.465 e. The van der Waals surface area contributed by atoms with Gasteiger partial charge in [-0.05, 0) is 11.4 Å². The number of hydrogen-bond acceptors (Lipinski definition) is 6. The van der Waals surface area contributed by atoms with Crippen LogP contribution in [0, 0.1) is 0 Å². The highest BCUT2D eigenvalue weighted by atomic mass is 32.2. The summed E-state index contributed by atoms with van der Waals surface area (Å²) in [5, 5.41) is 1.46. The third-order valence-electron chi connectivity index (χ3n) is 3.35. The number of rotatable bonds is 4.